The van der Waals surface area contributed by atoms with Gasteiger partial charge in [-0.1, -0.05) is 19.0 Å². The molecule has 0 bridgehead atoms. The number of nitrogens with two attached hydrogens (primary N) is 1. The third-order valence-electron chi connectivity index (χ3n) is 4.06. The SMILES string of the molecule is CC(C)Cc1cc(CNC(=O)c2nc(N)nc3c2CCCC3)on1. The maximum absolute atomic E-state index is 12.5. The summed E-state index contributed by atoms with van der Waals surface area (Å²) in [4.78, 5) is 20.9. The normalized spacial score (nSPS) is 13.8. The van der Waals surface area contributed by atoms with E-state index in [9.17, 15) is 4.79 Å². The van der Waals surface area contributed by atoms with E-state index in [4.69, 9.17) is 10.3 Å². The highest BCUT2D eigenvalue weighted by molar-refractivity contribution is 5.94. The van der Waals surface area contributed by atoms with Gasteiger partial charge in [0.15, 0.2) is 5.76 Å². The second-order valence-corrected chi connectivity index (χ2v) is 6.63. The van der Waals surface area contributed by atoms with Crippen molar-refractivity contribution >= 4 is 11.9 Å². The van der Waals surface area contributed by atoms with Gasteiger partial charge < -0.3 is 15.6 Å². The van der Waals surface area contributed by atoms with Gasteiger partial charge in [0, 0.05) is 17.3 Å². The van der Waals surface area contributed by atoms with Crippen molar-refractivity contribution in [1.82, 2.24) is 20.4 Å². The van der Waals surface area contributed by atoms with Crippen LogP contribution in [-0.2, 0) is 25.8 Å². The van der Waals surface area contributed by atoms with Crippen LogP contribution in [0.2, 0.25) is 0 Å². The second-order valence-electron chi connectivity index (χ2n) is 6.63. The minimum Gasteiger partial charge on any atom is -0.368 e. The number of carbonyl (C=O) groups excluding carboxylic acids is 1. The van der Waals surface area contributed by atoms with Crippen LogP contribution in [0.15, 0.2) is 10.6 Å². The number of fused-ring (bicyclic) bond motifs is 1. The van der Waals surface area contributed by atoms with Crippen molar-refractivity contribution < 1.29 is 9.32 Å². The summed E-state index contributed by atoms with van der Waals surface area (Å²) in [7, 11) is 0. The summed E-state index contributed by atoms with van der Waals surface area (Å²) in [5.41, 5.74) is 8.86. The first-order chi connectivity index (χ1) is 11.5. The lowest BCUT2D eigenvalue weighted by atomic mass is 9.94. The molecule has 128 valence electrons. The molecule has 3 rings (SSSR count). The molecule has 0 saturated carbocycles. The zero-order valence-corrected chi connectivity index (χ0v) is 14.1. The smallest absolute Gasteiger partial charge is 0.270 e. The fraction of sp³-hybridized carbons (Fsp3) is 0.529. The van der Waals surface area contributed by atoms with Crippen molar-refractivity contribution in [3.63, 3.8) is 0 Å². The molecule has 24 heavy (non-hydrogen) atoms. The molecule has 1 aliphatic rings. The third-order valence-corrected chi connectivity index (χ3v) is 4.06. The van der Waals surface area contributed by atoms with Crippen LogP contribution in [0.25, 0.3) is 0 Å². The molecule has 0 atom stereocenters. The number of nitrogens with zero attached hydrogens (tertiary/aromatic N) is 3. The number of hydrogen-bond acceptors (Lipinski definition) is 6. The predicted molar refractivity (Wildman–Crippen MR) is 89.3 cm³/mol. The topological polar surface area (TPSA) is 107 Å². The van der Waals surface area contributed by atoms with E-state index in [1.807, 2.05) is 6.07 Å². The lowest BCUT2D eigenvalue weighted by Crippen LogP contribution is -2.27. The second kappa shape index (κ2) is 6.98. The molecule has 0 saturated heterocycles. The molecule has 0 aromatic carbocycles. The molecule has 0 aliphatic heterocycles. The number of amides is 1. The monoisotopic (exact) mass is 329 g/mol. The van der Waals surface area contributed by atoms with Crippen LogP contribution >= 0.6 is 0 Å². The Kier molecular flexibility index (Phi) is 4.78. The summed E-state index contributed by atoms with van der Waals surface area (Å²) in [6, 6.07) is 1.88. The van der Waals surface area contributed by atoms with E-state index in [0.717, 1.165) is 49.1 Å². The van der Waals surface area contributed by atoms with Gasteiger partial charge in [0.1, 0.15) is 5.69 Å². The number of rotatable bonds is 5. The predicted octanol–water partition coefficient (Wildman–Crippen LogP) is 2.05. The molecule has 7 heteroatoms. The zero-order valence-electron chi connectivity index (χ0n) is 14.1. The summed E-state index contributed by atoms with van der Waals surface area (Å²) >= 11 is 0. The summed E-state index contributed by atoms with van der Waals surface area (Å²) in [5.74, 6) is 1.05. The Labute approximate surface area is 141 Å². The Morgan fingerprint density at radius 3 is 2.92 bits per heavy atom. The van der Waals surface area contributed by atoms with Gasteiger partial charge in [-0.15, -0.1) is 0 Å². The van der Waals surface area contributed by atoms with Crippen molar-refractivity contribution in [3.8, 4) is 0 Å². The van der Waals surface area contributed by atoms with Crippen LogP contribution < -0.4 is 11.1 Å². The Morgan fingerprint density at radius 1 is 1.33 bits per heavy atom. The van der Waals surface area contributed by atoms with E-state index in [0.29, 0.717) is 17.4 Å². The number of aryl methyl sites for hydroxylation is 1. The highest BCUT2D eigenvalue weighted by atomic mass is 16.5. The van der Waals surface area contributed by atoms with Gasteiger partial charge in [-0.3, -0.25) is 4.79 Å². The molecule has 2 aromatic heterocycles. The van der Waals surface area contributed by atoms with Crippen LogP contribution in [0.4, 0.5) is 5.95 Å². The summed E-state index contributed by atoms with van der Waals surface area (Å²) in [5, 5.41) is 6.86. The molecule has 1 amide bonds. The van der Waals surface area contributed by atoms with Gasteiger partial charge in [0.2, 0.25) is 5.95 Å². The van der Waals surface area contributed by atoms with Gasteiger partial charge in [-0.2, -0.15) is 0 Å². The number of aromatic nitrogens is 3. The van der Waals surface area contributed by atoms with E-state index >= 15 is 0 Å². The molecular formula is C17H23N5O2. The van der Waals surface area contributed by atoms with Crippen LogP contribution in [0.3, 0.4) is 0 Å². The molecule has 0 radical (unpaired) electrons. The van der Waals surface area contributed by atoms with Gasteiger partial charge >= 0.3 is 0 Å². The largest absolute Gasteiger partial charge is 0.368 e. The molecule has 2 heterocycles. The number of hydrogen-bond donors (Lipinski definition) is 2. The van der Waals surface area contributed by atoms with Crippen LogP contribution in [-0.4, -0.2) is 21.0 Å². The van der Waals surface area contributed by atoms with Gasteiger partial charge in [-0.25, -0.2) is 9.97 Å². The molecular weight excluding hydrogens is 306 g/mol. The lowest BCUT2D eigenvalue weighted by molar-refractivity contribution is 0.0940. The van der Waals surface area contributed by atoms with Gasteiger partial charge in [0.05, 0.1) is 12.2 Å². The molecule has 1 aliphatic carbocycles. The van der Waals surface area contributed by atoms with Crippen LogP contribution in [0.5, 0.6) is 0 Å². The molecule has 3 N–H and O–H groups in total. The fourth-order valence-electron chi connectivity index (χ4n) is 3.01. The quantitative estimate of drug-likeness (QED) is 0.869. The standard InChI is InChI=1S/C17H23N5O2/c1-10(2)7-11-8-12(24-22-11)9-19-16(23)15-13-5-3-4-6-14(13)20-17(18)21-15/h8,10H,3-7,9H2,1-2H3,(H,19,23)(H2,18,20,21). The Hall–Kier alpha value is -2.44. The first-order valence-electron chi connectivity index (χ1n) is 8.41. The maximum atomic E-state index is 12.5. The summed E-state index contributed by atoms with van der Waals surface area (Å²) in [6.45, 7) is 4.53. The average molecular weight is 329 g/mol. The molecule has 0 fully saturated rings. The van der Waals surface area contributed by atoms with Crippen molar-refractivity contribution in [2.24, 2.45) is 5.92 Å². The van der Waals surface area contributed by atoms with Crippen molar-refractivity contribution in [3.05, 3.63) is 34.5 Å². The van der Waals surface area contributed by atoms with E-state index in [2.05, 4.69) is 34.3 Å². The van der Waals surface area contributed by atoms with Gasteiger partial charge in [-0.05, 0) is 38.0 Å². The maximum Gasteiger partial charge on any atom is 0.270 e. The van der Waals surface area contributed by atoms with Gasteiger partial charge in [0.25, 0.3) is 5.91 Å². The minimum absolute atomic E-state index is 0.152. The summed E-state index contributed by atoms with van der Waals surface area (Å²) < 4.78 is 5.27. The van der Waals surface area contributed by atoms with E-state index < -0.39 is 0 Å². The molecule has 7 nitrogen and oxygen atoms in total. The number of anilines is 1. The number of nitrogen functional groups attached to an aromatic ring is 1. The highest BCUT2D eigenvalue weighted by Gasteiger charge is 2.21. The Balaban J connectivity index is 1.69. The fourth-order valence-corrected chi connectivity index (χ4v) is 3.01. The van der Waals surface area contributed by atoms with E-state index in [-0.39, 0.29) is 18.4 Å². The Morgan fingerprint density at radius 2 is 2.12 bits per heavy atom. The molecule has 0 unspecified atom stereocenters. The van der Waals surface area contributed by atoms with Crippen LogP contribution in [0, 0.1) is 5.92 Å². The summed E-state index contributed by atoms with van der Waals surface area (Å²) in [6.07, 6.45) is 4.64. The first kappa shape index (κ1) is 16.4. The van der Waals surface area contributed by atoms with E-state index in [1.165, 1.54) is 0 Å². The van der Waals surface area contributed by atoms with Crippen molar-refractivity contribution in [2.45, 2.75) is 52.5 Å². The number of nitrogens with one attached hydrogen (secondary N) is 1. The Bertz CT molecular complexity index is 739. The highest BCUT2D eigenvalue weighted by Crippen LogP contribution is 2.22. The molecule has 2 aromatic rings. The zero-order chi connectivity index (χ0) is 17.1. The third kappa shape index (κ3) is 3.72. The van der Waals surface area contributed by atoms with Crippen molar-refractivity contribution in [2.75, 3.05) is 5.73 Å². The van der Waals surface area contributed by atoms with Crippen molar-refractivity contribution in [1.29, 1.82) is 0 Å². The number of carbonyl (C=O) groups is 1. The minimum atomic E-state index is -0.246. The van der Waals surface area contributed by atoms with Crippen LogP contribution in [0.1, 0.15) is 59.9 Å². The lowest BCUT2D eigenvalue weighted by Gasteiger charge is -2.17. The van der Waals surface area contributed by atoms with E-state index in [1.54, 1.807) is 0 Å². The average Bonchev–Trinajstić information content (AvgIpc) is 2.98. The first-order valence-corrected chi connectivity index (χ1v) is 8.41. The molecule has 0 spiro atoms.